The third-order valence-corrected chi connectivity index (χ3v) is 8.79. The van der Waals surface area contributed by atoms with E-state index in [2.05, 4.69) is 10.2 Å². The summed E-state index contributed by atoms with van der Waals surface area (Å²) in [5.41, 5.74) is 2.56. The van der Waals surface area contributed by atoms with Crippen molar-refractivity contribution >= 4 is 10.0 Å². The molecule has 27 heavy (non-hydrogen) atoms. The second kappa shape index (κ2) is 6.14. The normalized spacial score (nSPS) is 24.7. The smallest absolute Gasteiger partial charge is 0.243 e. The van der Waals surface area contributed by atoms with Crippen molar-refractivity contribution in [3.63, 3.8) is 0 Å². The monoisotopic (exact) mass is 386 g/mol. The van der Waals surface area contributed by atoms with Crippen LogP contribution in [0.3, 0.4) is 0 Å². The van der Waals surface area contributed by atoms with E-state index in [1.165, 1.54) is 24.0 Å². The summed E-state index contributed by atoms with van der Waals surface area (Å²) in [5, 5.41) is 8.34. The van der Waals surface area contributed by atoms with Crippen LogP contribution in [0.15, 0.2) is 29.4 Å². The van der Waals surface area contributed by atoms with Gasteiger partial charge in [0.15, 0.2) is 0 Å². The summed E-state index contributed by atoms with van der Waals surface area (Å²) >= 11 is 0. The molecule has 1 unspecified atom stereocenters. The molecule has 0 N–H and O–H groups in total. The highest BCUT2D eigenvalue weighted by Crippen LogP contribution is 2.56. The van der Waals surface area contributed by atoms with Gasteiger partial charge in [0.05, 0.1) is 4.90 Å². The van der Waals surface area contributed by atoms with Crippen LogP contribution < -0.4 is 0 Å². The number of rotatable bonds is 3. The van der Waals surface area contributed by atoms with E-state index >= 15 is 0 Å². The third-order valence-electron chi connectivity index (χ3n) is 6.98. The first-order valence-electron chi connectivity index (χ1n) is 9.95. The maximum Gasteiger partial charge on any atom is 0.243 e. The van der Waals surface area contributed by atoms with Gasteiger partial charge in [-0.1, -0.05) is 12.5 Å². The summed E-state index contributed by atoms with van der Waals surface area (Å²) in [4.78, 5) is 0.455. The highest BCUT2D eigenvalue weighted by atomic mass is 32.2. The Hall–Kier alpha value is -1.73. The Kier molecular flexibility index (Phi) is 3.95. The van der Waals surface area contributed by atoms with E-state index in [0.29, 0.717) is 18.0 Å². The molecule has 2 heterocycles. The zero-order valence-corrected chi connectivity index (χ0v) is 16.6. The maximum atomic E-state index is 13.4. The van der Waals surface area contributed by atoms with E-state index in [1.54, 1.807) is 10.6 Å². The standard InChI is InChI=1S/C20H26N4O2S/c1-23-14-21-22-19(23)18-12-24(13-20(18)9-4-10-20)27(25,26)17-8-7-15-5-2-3-6-16(15)11-17/h7-8,11,14,18H,2-6,9-10,12-13H2,1H3. The molecule has 7 heteroatoms. The third kappa shape index (κ3) is 2.66. The molecule has 144 valence electrons. The van der Waals surface area contributed by atoms with Gasteiger partial charge in [0.1, 0.15) is 12.2 Å². The van der Waals surface area contributed by atoms with Gasteiger partial charge >= 0.3 is 0 Å². The lowest BCUT2D eigenvalue weighted by atomic mass is 9.62. The van der Waals surface area contributed by atoms with Crippen molar-refractivity contribution in [2.45, 2.75) is 55.8 Å². The van der Waals surface area contributed by atoms with Crippen LogP contribution in [0.4, 0.5) is 0 Å². The summed E-state index contributed by atoms with van der Waals surface area (Å²) in [6.45, 7) is 1.11. The predicted octanol–water partition coefficient (Wildman–Crippen LogP) is 2.65. The lowest BCUT2D eigenvalue weighted by Gasteiger charge is -2.42. The lowest BCUT2D eigenvalue weighted by molar-refractivity contribution is 0.126. The minimum absolute atomic E-state index is 0.0298. The molecule has 6 nitrogen and oxygen atoms in total. The van der Waals surface area contributed by atoms with Crippen molar-refractivity contribution in [1.29, 1.82) is 0 Å². The van der Waals surface area contributed by atoms with Crippen molar-refractivity contribution < 1.29 is 8.42 Å². The van der Waals surface area contributed by atoms with Gasteiger partial charge in [-0.05, 0) is 67.2 Å². The molecular weight excluding hydrogens is 360 g/mol. The van der Waals surface area contributed by atoms with Crippen molar-refractivity contribution in [1.82, 2.24) is 19.1 Å². The molecule has 1 aromatic carbocycles. The van der Waals surface area contributed by atoms with Gasteiger partial charge in [0.25, 0.3) is 0 Å². The molecule has 1 spiro atoms. The van der Waals surface area contributed by atoms with Crippen molar-refractivity contribution in [2.24, 2.45) is 12.5 Å². The molecule has 2 aliphatic carbocycles. The average Bonchev–Trinajstić information content (AvgIpc) is 3.24. The Balaban J connectivity index is 1.48. The Bertz CT molecular complexity index is 978. The summed E-state index contributed by atoms with van der Waals surface area (Å²) in [6.07, 6.45) is 9.43. The van der Waals surface area contributed by atoms with E-state index in [9.17, 15) is 8.42 Å². The SMILES string of the molecule is Cn1cnnc1C1CN(S(=O)(=O)c2ccc3c(c2)CCCC3)CC12CCC2. The minimum atomic E-state index is -3.48. The molecule has 1 aliphatic heterocycles. The molecule has 0 amide bonds. The Morgan fingerprint density at radius 3 is 2.56 bits per heavy atom. The van der Waals surface area contributed by atoms with Gasteiger partial charge in [-0.2, -0.15) is 4.31 Å². The van der Waals surface area contributed by atoms with Crippen molar-refractivity contribution in [3.05, 3.63) is 41.5 Å². The van der Waals surface area contributed by atoms with Crippen LogP contribution in [0, 0.1) is 5.41 Å². The van der Waals surface area contributed by atoms with Crippen LogP contribution >= 0.6 is 0 Å². The van der Waals surface area contributed by atoms with Crippen LogP contribution in [0.1, 0.15) is 55.0 Å². The van der Waals surface area contributed by atoms with Gasteiger partial charge in [-0.3, -0.25) is 0 Å². The highest BCUT2D eigenvalue weighted by Gasteiger charge is 2.55. The molecule has 1 atom stereocenters. The molecule has 2 aromatic rings. The number of hydrogen-bond donors (Lipinski definition) is 0. The van der Waals surface area contributed by atoms with Crippen LogP contribution in [-0.2, 0) is 29.9 Å². The summed E-state index contributed by atoms with van der Waals surface area (Å²) in [7, 11) is -1.53. The highest BCUT2D eigenvalue weighted by molar-refractivity contribution is 7.89. The largest absolute Gasteiger partial charge is 0.320 e. The van der Waals surface area contributed by atoms with Gasteiger partial charge in [0.2, 0.25) is 10.0 Å². The first-order valence-corrected chi connectivity index (χ1v) is 11.4. The Labute approximate surface area is 160 Å². The number of nitrogens with zero attached hydrogens (tertiary/aromatic N) is 4. The number of fused-ring (bicyclic) bond motifs is 1. The maximum absolute atomic E-state index is 13.4. The zero-order valence-electron chi connectivity index (χ0n) is 15.8. The predicted molar refractivity (Wildman–Crippen MR) is 102 cm³/mol. The van der Waals surface area contributed by atoms with Crippen LogP contribution in [0.2, 0.25) is 0 Å². The second-order valence-corrected chi connectivity index (χ2v) is 10.4. The van der Waals surface area contributed by atoms with E-state index in [-0.39, 0.29) is 11.3 Å². The zero-order chi connectivity index (χ0) is 18.6. The summed E-state index contributed by atoms with van der Waals surface area (Å²) in [6, 6.07) is 5.76. The molecule has 1 aromatic heterocycles. The molecule has 0 bridgehead atoms. The minimum Gasteiger partial charge on any atom is -0.320 e. The molecule has 3 aliphatic rings. The fourth-order valence-electron chi connectivity index (χ4n) is 5.23. The first-order chi connectivity index (χ1) is 13.0. The van der Waals surface area contributed by atoms with Crippen molar-refractivity contribution in [2.75, 3.05) is 13.1 Å². The number of hydrogen-bond acceptors (Lipinski definition) is 4. The van der Waals surface area contributed by atoms with Crippen LogP contribution in [-0.4, -0.2) is 40.6 Å². The molecule has 0 radical (unpaired) electrons. The van der Waals surface area contributed by atoms with Gasteiger partial charge in [0, 0.05) is 26.1 Å². The number of aromatic nitrogens is 3. The fourth-order valence-corrected chi connectivity index (χ4v) is 6.83. The molecule has 5 rings (SSSR count). The number of sulfonamides is 1. The van der Waals surface area contributed by atoms with Gasteiger partial charge in [-0.15, -0.1) is 10.2 Å². The van der Waals surface area contributed by atoms with Crippen LogP contribution in [0.25, 0.3) is 0 Å². The van der Waals surface area contributed by atoms with E-state index in [4.69, 9.17) is 0 Å². The Morgan fingerprint density at radius 1 is 1.11 bits per heavy atom. The van der Waals surface area contributed by atoms with E-state index in [1.807, 2.05) is 29.8 Å². The van der Waals surface area contributed by atoms with E-state index in [0.717, 1.165) is 37.9 Å². The topological polar surface area (TPSA) is 68.1 Å². The average molecular weight is 387 g/mol. The number of aryl methyl sites for hydroxylation is 3. The van der Waals surface area contributed by atoms with E-state index < -0.39 is 10.0 Å². The fraction of sp³-hybridized carbons (Fsp3) is 0.600. The Morgan fingerprint density at radius 2 is 1.89 bits per heavy atom. The first kappa shape index (κ1) is 17.4. The molecular formula is C20H26N4O2S. The molecule has 1 saturated carbocycles. The second-order valence-electron chi connectivity index (χ2n) is 8.50. The molecule has 2 fully saturated rings. The van der Waals surface area contributed by atoms with Crippen molar-refractivity contribution in [3.8, 4) is 0 Å². The summed E-state index contributed by atoms with van der Waals surface area (Å²) in [5.74, 6) is 1.05. The van der Waals surface area contributed by atoms with Gasteiger partial charge in [-0.25, -0.2) is 8.42 Å². The quantitative estimate of drug-likeness (QED) is 0.813. The molecule has 1 saturated heterocycles. The number of benzene rings is 1. The lowest BCUT2D eigenvalue weighted by Crippen LogP contribution is -2.38. The van der Waals surface area contributed by atoms with Gasteiger partial charge < -0.3 is 4.57 Å². The van der Waals surface area contributed by atoms with Crippen LogP contribution in [0.5, 0.6) is 0 Å². The summed E-state index contributed by atoms with van der Waals surface area (Å²) < 4.78 is 30.5.